The van der Waals surface area contributed by atoms with Gasteiger partial charge in [0.2, 0.25) is 5.91 Å². The van der Waals surface area contributed by atoms with Gasteiger partial charge in [0.05, 0.1) is 13.1 Å². The summed E-state index contributed by atoms with van der Waals surface area (Å²) in [7, 11) is 1.62. The van der Waals surface area contributed by atoms with Gasteiger partial charge in [-0.1, -0.05) is 0 Å². The number of hydrogen-bond donors (Lipinski definition) is 1. The summed E-state index contributed by atoms with van der Waals surface area (Å²) in [5, 5.41) is 2.66. The molecule has 1 saturated heterocycles. The molecule has 1 amide bonds. The maximum atomic E-state index is 12.8. The Balaban J connectivity index is 2.47. The molecule has 0 unspecified atom stereocenters. The van der Waals surface area contributed by atoms with E-state index in [0.717, 1.165) is 0 Å². The van der Waals surface area contributed by atoms with E-state index in [9.17, 15) is 13.6 Å². The predicted molar refractivity (Wildman–Crippen MR) is 44.7 cm³/mol. The maximum absolute atomic E-state index is 12.8. The molecule has 0 aromatic rings. The highest BCUT2D eigenvalue weighted by molar-refractivity contribution is 5.78. The molecule has 0 aromatic heterocycles. The Morgan fingerprint density at radius 1 is 1.62 bits per heavy atom. The van der Waals surface area contributed by atoms with Crippen LogP contribution in [0.3, 0.4) is 0 Å². The van der Waals surface area contributed by atoms with Crippen LogP contribution in [0, 0.1) is 0 Å². The Hall–Kier alpha value is -0.710. The predicted octanol–water partition coefficient (Wildman–Crippen LogP) is 0.463. The molecule has 1 fully saturated rings. The molecule has 1 aliphatic rings. The van der Waals surface area contributed by atoms with E-state index in [4.69, 9.17) is 0 Å². The van der Waals surface area contributed by atoms with Crippen molar-refractivity contribution in [2.45, 2.75) is 18.8 Å². The lowest BCUT2D eigenvalue weighted by molar-refractivity contribution is -0.140. The molecule has 0 spiro atoms. The molecule has 3 nitrogen and oxygen atoms in total. The lowest BCUT2D eigenvalue weighted by Gasteiger charge is -2.32. The van der Waals surface area contributed by atoms with Gasteiger partial charge in [-0.25, -0.2) is 8.78 Å². The normalized spacial score (nSPS) is 21.6. The van der Waals surface area contributed by atoms with E-state index in [0.29, 0.717) is 13.0 Å². The number of alkyl halides is 2. The molecule has 1 N–H and O–H groups in total. The van der Waals surface area contributed by atoms with E-state index in [1.165, 1.54) is 4.90 Å². The maximum Gasteiger partial charge on any atom is 0.265 e. The molecule has 13 heavy (non-hydrogen) atoms. The first-order valence-electron chi connectivity index (χ1n) is 4.35. The number of piperidine rings is 1. The lowest BCUT2D eigenvalue weighted by atomic mass is 10.1. The molecule has 0 atom stereocenters. The Bertz CT molecular complexity index is 197. The molecular weight excluding hydrogens is 178 g/mol. The Morgan fingerprint density at radius 3 is 2.85 bits per heavy atom. The number of nitrogens with zero attached hydrogens (tertiary/aromatic N) is 1. The second-order valence-electron chi connectivity index (χ2n) is 3.31. The molecule has 0 bridgehead atoms. The summed E-state index contributed by atoms with van der Waals surface area (Å²) < 4.78 is 25.7. The van der Waals surface area contributed by atoms with Crippen molar-refractivity contribution in [3.05, 3.63) is 0 Å². The van der Waals surface area contributed by atoms with Crippen LogP contribution in [0.4, 0.5) is 8.78 Å². The zero-order chi connectivity index (χ0) is 9.90. The molecule has 1 aliphatic heterocycles. The minimum Gasteiger partial charge on any atom is -0.336 e. The number of rotatable bonds is 2. The summed E-state index contributed by atoms with van der Waals surface area (Å²) in [6.45, 7) is 0.166. The van der Waals surface area contributed by atoms with Crippen LogP contribution in [0.5, 0.6) is 0 Å². The molecule has 0 radical (unpaired) electrons. The topological polar surface area (TPSA) is 32.3 Å². The van der Waals surface area contributed by atoms with Gasteiger partial charge in [0, 0.05) is 13.0 Å². The fourth-order valence-corrected chi connectivity index (χ4v) is 1.44. The minimum atomic E-state index is -2.69. The third-order valence-electron chi connectivity index (χ3n) is 2.07. The summed E-state index contributed by atoms with van der Waals surface area (Å²) in [6.07, 6.45) is 0.290. The highest BCUT2D eigenvalue weighted by Gasteiger charge is 2.36. The van der Waals surface area contributed by atoms with E-state index in [1.807, 2.05) is 0 Å². The number of likely N-dealkylation sites (N-methyl/N-ethyl adjacent to an activating group) is 1. The first kappa shape index (κ1) is 10.4. The number of carbonyl (C=O) groups is 1. The summed E-state index contributed by atoms with van der Waals surface area (Å²) in [5.41, 5.74) is 0. The van der Waals surface area contributed by atoms with Crippen LogP contribution in [0.15, 0.2) is 0 Å². The quantitative estimate of drug-likeness (QED) is 0.689. The van der Waals surface area contributed by atoms with Gasteiger partial charge in [0.1, 0.15) is 0 Å². The van der Waals surface area contributed by atoms with Crippen molar-refractivity contribution in [3.8, 4) is 0 Å². The van der Waals surface area contributed by atoms with Crippen molar-refractivity contribution >= 4 is 5.91 Å². The zero-order valence-corrected chi connectivity index (χ0v) is 7.65. The number of hydrogen-bond acceptors (Lipinski definition) is 2. The SMILES string of the molecule is CNCC(=O)N1CCCC(F)(F)C1. The molecule has 0 saturated carbocycles. The average Bonchev–Trinajstić information content (AvgIpc) is 2.03. The van der Waals surface area contributed by atoms with Crippen molar-refractivity contribution in [1.29, 1.82) is 0 Å². The van der Waals surface area contributed by atoms with Gasteiger partial charge in [-0.15, -0.1) is 0 Å². The highest BCUT2D eigenvalue weighted by Crippen LogP contribution is 2.26. The fourth-order valence-electron chi connectivity index (χ4n) is 1.44. The number of nitrogens with one attached hydrogen (secondary N) is 1. The first-order chi connectivity index (χ1) is 6.05. The van der Waals surface area contributed by atoms with E-state index in [-0.39, 0.29) is 18.9 Å². The minimum absolute atomic E-state index is 0.101. The molecule has 5 heteroatoms. The van der Waals surface area contributed by atoms with E-state index in [2.05, 4.69) is 5.32 Å². The van der Waals surface area contributed by atoms with Crippen LogP contribution in [0.1, 0.15) is 12.8 Å². The van der Waals surface area contributed by atoms with Gasteiger partial charge in [0.15, 0.2) is 0 Å². The number of likely N-dealkylation sites (tertiary alicyclic amines) is 1. The van der Waals surface area contributed by atoms with E-state index >= 15 is 0 Å². The van der Waals surface area contributed by atoms with Crippen molar-refractivity contribution < 1.29 is 13.6 Å². The first-order valence-corrected chi connectivity index (χ1v) is 4.35. The van der Waals surface area contributed by atoms with Crippen molar-refractivity contribution in [1.82, 2.24) is 10.2 Å². The second-order valence-corrected chi connectivity index (χ2v) is 3.31. The fraction of sp³-hybridized carbons (Fsp3) is 0.875. The van der Waals surface area contributed by atoms with Crippen LogP contribution < -0.4 is 5.32 Å². The number of carbonyl (C=O) groups excluding carboxylic acids is 1. The average molecular weight is 192 g/mol. The Morgan fingerprint density at radius 2 is 2.31 bits per heavy atom. The summed E-state index contributed by atoms with van der Waals surface area (Å²) in [4.78, 5) is 12.4. The molecule has 0 aromatic carbocycles. The van der Waals surface area contributed by atoms with Gasteiger partial charge >= 0.3 is 0 Å². The van der Waals surface area contributed by atoms with Gasteiger partial charge in [-0.05, 0) is 13.5 Å². The van der Waals surface area contributed by atoms with Crippen LogP contribution in [-0.4, -0.2) is 43.4 Å². The summed E-state index contributed by atoms with van der Waals surface area (Å²) in [5.74, 6) is -2.94. The van der Waals surface area contributed by atoms with Crippen LogP contribution in [-0.2, 0) is 4.79 Å². The Kier molecular flexibility index (Phi) is 3.19. The zero-order valence-electron chi connectivity index (χ0n) is 7.65. The van der Waals surface area contributed by atoms with Gasteiger partial charge in [0.25, 0.3) is 5.92 Å². The standard InChI is InChI=1S/C8H14F2N2O/c1-11-5-7(13)12-4-2-3-8(9,10)6-12/h11H,2-6H2,1H3. The van der Waals surface area contributed by atoms with Crippen molar-refractivity contribution in [2.75, 3.05) is 26.7 Å². The molecule has 76 valence electrons. The number of halogens is 2. The van der Waals surface area contributed by atoms with Crippen LogP contribution in [0.25, 0.3) is 0 Å². The summed E-state index contributed by atoms with van der Waals surface area (Å²) >= 11 is 0. The third kappa shape index (κ3) is 2.91. The van der Waals surface area contributed by atoms with Crippen molar-refractivity contribution in [3.63, 3.8) is 0 Å². The molecular formula is C8H14F2N2O. The van der Waals surface area contributed by atoms with Gasteiger partial charge in [-0.3, -0.25) is 4.79 Å². The highest BCUT2D eigenvalue weighted by atomic mass is 19.3. The van der Waals surface area contributed by atoms with Gasteiger partial charge < -0.3 is 10.2 Å². The Labute approximate surface area is 76.1 Å². The van der Waals surface area contributed by atoms with Crippen molar-refractivity contribution in [2.24, 2.45) is 0 Å². The summed E-state index contributed by atoms with van der Waals surface area (Å²) in [6, 6.07) is 0. The largest absolute Gasteiger partial charge is 0.336 e. The lowest BCUT2D eigenvalue weighted by Crippen LogP contribution is -2.48. The molecule has 0 aliphatic carbocycles. The van der Waals surface area contributed by atoms with Crippen LogP contribution in [0.2, 0.25) is 0 Å². The van der Waals surface area contributed by atoms with Crippen LogP contribution >= 0.6 is 0 Å². The second kappa shape index (κ2) is 4.00. The molecule has 1 heterocycles. The van der Waals surface area contributed by atoms with Gasteiger partial charge in [-0.2, -0.15) is 0 Å². The van der Waals surface area contributed by atoms with E-state index < -0.39 is 12.5 Å². The monoisotopic (exact) mass is 192 g/mol. The smallest absolute Gasteiger partial charge is 0.265 e. The van der Waals surface area contributed by atoms with E-state index in [1.54, 1.807) is 7.05 Å². The number of amides is 1. The third-order valence-corrected chi connectivity index (χ3v) is 2.07. The molecule has 1 rings (SSSR count).